The lowest BCUT2D eigenvalue weighted by molar-refractivity contribution is -0.122. The van der Waals surface area contributed by atoms with Crippen molar-refractivity contribution in [2.45, 2.75) is 39.2 Å². The molecule has 0 bridgehead atoms. The Bertz CT molecular complexity index is 1190. The summed E-state index contributed by atoms with van der Waals surface area (Å²) in [5.41, 5.74) is 2.05. The average Bonchev–Trinajstić information content (AvgIpc) is 3.20. The Hall–Kier alpha value is -4.01. The molecule has 1 unspecified atom stereocenters. The predicted molar refractivity (Wildman–Crippen MR) is 122 cm³/mol. The summed E-state index contributed by atoms with van der Waals surface area (Å²) in [6, 6.07) is 12.1. The minimum absolute atomic E-state index is 0.0395. The number of amides is 2. The summed E-state index contributed by atoms with van der Waals surface area (Å²) in [5.74, 6) is -0.682. The van der Waals surface area contributed by atoms with Gasteiger partial charge >= 0.3 is 5.97 Å². The van der Waals surface area contributed by atoms with E-state index in [4.69, 9.17) is 4.74 Å². The highest BCUT2D eigenvalue weighted by atomic mass is 16.5. The smallest absolute Gasteiger partial charge is 0.342 e. The minimum atomic E-state index is -0.640. The van der Waals surface area contributed by atoms with Gasteiger partial charge in [-0.25, -0.2) is 14.5 Å². The third-order valence-electron chi connectivity index (χ3n) is 5.39. The molecular formula is C24H25N5O4. The maximum Gasteiger partial charge on any atom is 0.342 e. The molecule has 0 fully saturated rings. The third kappa shape index (κ3) is 4.48. The lowest BCUT2D eigenvalue weighted by Crippen LogP contribution is -2.41. The number of nitrogens with one attached hydrogen (secondary N) is 1. The van der Waals surface area contributed by atoms with Crippen molar-refractivity contribution in [1.82, 2.24) is 14.8 Å². The van der Waals surface area contributed by atoms with E-state index in [9.17, 15) is 14.4 Å². The van der Waals surface area contributed by atoms with Gasteiger partial charge in [-0.1, -0.05) is 32.0 Å². The Morgan fingerprint density at radius 2 is 1.94 bits per heavy atom. The van der Waals surface area contributed by atoms with Gasteiger partial charge in [-0.2, -0.15) is 5.10 Å². The van der Waals surface area contributed by atoms with Crippen molar-refractivity contribution in [2.75, 3.05) is 16.8 Å². The van der Waals surface area contributed by atoms with Crippen molar-refractivity contribution in [3.05, 3.63) is 66.1 Å². The van der Waals surface area contributed by atoms with Gasteiger partial charge in [-0.15, -0.1) is 0 Å². The largest absolute Gasteiger partial charge is 0.452 e. The first-order valence-corrected chi connectivity index (χ1v) is 10.7. The van der Waals surface area contributed by atoms with E-state index in [1.807, 2.05) is 19.9 Å². The van der Waals surface area contributed by atoms with E-state index in [2.05, 4.69) is 15.4 Å². The second kappa shape index (κ2) is 9.23. The summed E-state index contributed by atoms with van der Waals surface area (Å²) in [7, 11) is 0. The topological polar surface area (TPSA) is 106 Å². The second-order valence-corrected chi connectivity index (χ2v) is 8.16. The first-order valence-electron chi connectivity index (χ1n) is 10.7. The number of benzene rings is 1. The molecule has 9 nitrogen and oxygen atoms in total. The van der Waals surface area contributed by atoms with E-state index in [0.29, 0.717) is 22.9 Å². The van der Waals surface area contributed by atoms with Crippen LogP contribution in [0, 0.1) is 0 Å². The van der Waals surface area contributed by atoms with Crippen molar-refractivity contribution in [3.8, 4) is 5.82 Å². The summed E-state index contributed by atoms with van der Waals surface area (Å²) in [4.78, 5) is 44.0. The molecule has 0 saturated heterocycles. The molecule has 4 rings (SSSR count). The van der Waals surface area contributed by atoms with Crippen LogP contribution in [0.3, 0.4) is 0 Å². The zero-order valence-electron chi connectivity index (χ0n) is 18.7. The fourth-order valence-corrected chi connectivity index (χ4v) is 3.97. The molecule has 0 aliphatic carbocycles. The van der Waals surface area contributed by atoms with Crippen molar-refractivity contribution in [1.29, 1.82) is 0 Å². The van der Waals surface area contributed by atoms with Crippen LogP contribution in [0.25, 0.3) is 5.82 Å². The van der Waals surface area contributed by atoms with Crippen LogP contribution in [-0.2, 0) is 14.3 Å². The van der Waals surface area contributed by atoms with Gasteiger partial charge in [0.2, 0.25) is 5.91 Å². The average molecular weight is 447 g/mol. The molecule has 3 aromatic rings. The number of aromatic nitrogens is 3. The summed E-state index contributed by atoms with van der Waals surface area (Å²) in [5, 5.41) is 7.13. The molecule has 33 heavy (non-hydrogen) atoms. The summed E-state index contributed by atoms with van der Waals surface area (Å²) >= 11 is 0. The Morgan fingerprint density at radius 1 is 1.18 bits per heavy atom. The van der Waals surface area contributed by atoms with Crippen molar-refractivity contribution >= 4 is 29.2 Å². The zero-order valence-corrected chi connectivity index (χ0v) is 18.7. The Morgan fingerprint density at radius 3 is 2.67 bits per heavy atom. The molecule has 170 valence electrons. The van der Waals surface area contributed by atoms with Gasteiger partial charge in [0.05, 0.1) is 23.3 Å². The number of rotatable bonds is 5. The van der Waals surface area contributed by atoms with Gasteiger partial charge in [0.1, 0.15) is 5.56 Å². The number of carbonyl (C=O) groups is 3. The van der Waals surface area contributed by atoms with Crippen LogP contribution >= 0.6 is 0 Å². The molecule has 1 aromatic carbocycles. The first-order chi connectivity index (χ1) is 15.9. The van der Waals surface area contributed by atoms with E-state index < -0.39 is 24.5 Å². The standard InChI is InChI=1S/C24H25N5O4/c1-15(2)23-17(13-26-29(23)20-10-6-7-11-25-20)24(32)33-14-22(31)28-16(3)12-21(30)27-18-8-4-5-9-19(18)28/h4-11,13,15-16H,12,14H2,1-3H3,(H,27,30). The maximum absolute atomic E-state index is 13.1. The number of ether oxygens (including phenoxy) is 1. The molecule has 3 heterocycles. The molecular weight excluding hydrogens is 422 g/mol. The fraction of sp³-hybridized carbons (Fsp3) is 0.292. The Kier molecular flexibility index (Phi) is 6.21. The van der Waals surface area contributed by atoms with E-state index >= 15 is 0 Å². The molecule has 9 heteroatoms. The normalized spacial score (nSPS) is 15.6. The van der Waals surface area contributed by atoms with Gasteiger partial charge in [0.25, 0.3) is 5.91 Å². The number of esters is 1. The van der Waals surface area contributed by atoms with E-state index in [-0.39, 0.29) is 23.8 Å². The van der Waals surface area contributed by atoms with Crippen LogP contribution in [0.15, 0.2) is 54.9 Å². The zero-order chi connectivity index (χ0) is 23.5. The van der Waals surface area contributed by atoms with Crippen LogP contribution in [0.1, 0.15) is 49.2 Å². The summed E-state index contributed by atoms with van der Waals surface area (Å²) in [6.45, 7) is 5.21. The van der Waals surface area contributed by atoms with Crippen LogP contribution in [0.2, 0.25) is 0 Å². The second-order valence-electron chi connectivity index (χ2n) is 8.16. The lowest BCUT2D eigenvalue weighted by Gasteiger charge is -2.27. The highest BCUT2D eigenvalue weighted by Crippen LogP contribution is 2.31. The van der Waals surface area contributed by atoms with Crippen LogP contribution < -0.4 is 10.2 Å². The van der Waals surface area contributed by atoms with Gasteiger partial charge < -0.3 is 15.0 Å². The molecule has 2 aromatic heterocycles. The number of anilines is 2. The quantitative estimate of drug-likeness (QED) is 0.602. The van der Waals surface area contributed by atoms with E-state index in [0.717, 1.165) is 0 Å². The SMILES string of the molecule is CC(C)c1c(C(=O)OCC(=O)N2c3ccccc3NC(=O)CC2C)cnn1-c1ccccn1. The maximum atomic E-state index is 13.1. The number of pyridine rings is 1. The highest BCUT2D eigenvalue weighted by molar-refractivity contribution is 6.05. The summed E-state index contributed by atoms with van der Waals surface area (Å²) < 4.78 is 7.01. The number of fused-ring (bicyclic) bond motifs is 1. The highest BCUT2D eigenvalue weighted by Gasteiger charge is 2.31. The number of nitrogens with zero attached hydrogens (tertiary/aromatic N) is 4. The van der Waals surface area contributed by atoms with Crippen LogP contribution in [0.5, 0.6) is 0 Å². The molecule has 0 radical (unpaired) electrons. The molecule has 1 aliphatic heterocycles. The van der Waals surface area contributed by atoms with Crippen molar-refractivity contribution < 1.29 is 19.1 Å². The number of hydrogen-bond donors (Lipinski definition) is 1. The molecule has 1 atom stereocenters. The molecule has 1 aliphatic rings. The van der Waals surface area contributed by atoms with Gasteiger partial charge in [-0.3, -0.25) is 9.59 Å². The van der Waals surface area contributed by atoms with Gasteiger partial charge in [0.15, 0.2) is 12.4 Å². The van der Waals surface area contributed by atoms with Crippen LogP contribution in [0.4, 0.5) is 11.4 Å². The van der Waals surface area contributed by atoms with E-state index in [1.54, 1.807) is 54.2 Å². The molecule has 1 N–H and O–H groups in total. The Labute approximate surface area is 191 Å². The lowest BCUT2D eigenvalue weighted by atomic mass is 10.1. The van der Waals surface area contributed by atoms with Gasteiger partial charge in [0, 0.05) is 18.7 Å². The first kappa shape index (κ1) is 22.2. The minimum Gasteiger partial charge on any atom is -0.452 e. The fourth-order valence-electron chi connectivity index (χ4n) is 3.97. The van der Waals surface area contributed by atoms with E-state index in [1.165, 1.54) is 11.1 Å². The molecule has 0 saturated carbocycles. The third-order valence-corrected chi connectivity index (χ3v) is 5.39. The predicted octanol–water partition coefficient (Wildman–Crippen LogP) is 3.31. The number of para-hydroxylation sites is 2. The number of carbonyl (C=O) groups excluding carboxylic acids is 3. The van der Waals surface area contributed by atoms with Gasteiger partial charge in [-0.05, 0) is 37.1 Å². The van der Waals surface area contributed by atoms with Crippen molar-refractivity contribution in [3.63, 3.8) is 0 Å². The monoisotopic (exact) mass is 447 g/mol. The Balaban J connectivity index is 1.54. The molecule has 0 spiro atoms. The number of hydrogen-bond acceptors (Lipinski definition) is 6. The van der Waals surface area contributed by atoms with Crippen molar-refractivity contribution in [2.24, 2.45) is 0 Å². The molecule has 2 amide bonds. The summed E-state index contributed by atoms with van der Waals surface area (Å²) in [6.07, 6.45) is 3.23. The van der Waals surface area contributed by atoms with Crippen LogP contribution in [-0.4, -0.2) is 45.2 Å².